The predicted octanol–water partition coefficient (Wildman–Crippen LogP) is 0.980. The number of likely N-dealkylation sites (N-methyl/N-ethyl adjacent to an activating group) is 1. The minimum Gasteiger partial charge on any atom is -0.303 e. The van der Waals surface area contributed by atoms with Gasteiger partial charge in [0.15, 0.2) is 0 Å². The molecule has 13 heavy (non-hydrogen) atoms. The molecule has 0 bridgehead atoms. The van der Waals surface area contributed by atoms with Crippen molar-refractivity contribution >= 4 is 0 Å². The number of nitrogens with zero attached hydrogens (tertiary/aromatic N) is 2. The van der Waals surface area contributed by atoms with E-state index in [1.807, 2.05) is 6.92 Å². The second kappa shape index (κ2) is 3.54. The van der Waals surface area contributed by atoms with Gasteiger partial charge in [0.05, 0.1) is 0 Å². The second-order valence-electron chi connectivity index (χ2n) is 4.65. The molecule has 2 nitrogen and oxygen atoms in total. The first-order chi connectivity index (χ1) is 6.16. The molecule has 0 saturated carbocycles. The Balaban J connectivity index is 1.82. The Morgan fingerprint density at radius 2 is 1.92 bits per heavy atom. The van der Waals surface area contributed by atoms with Crippen LogP contribution in [0.25, 0.3) is 0 Å². The normalized spacial score (nSPS) is 39.0. The Morgan fingerprint density at radius 3 is 2.46 bits per heavy atom. The van der Waals surface area contributed by atoms with Crippen LogP contribution >= 0.6 is 0 Å². The fourth-order valence-electron chi connectivity index (χ4n) is 2.27. The van der Waals surface area contributed by atoms with Gasteiger partial charge < -0.3 is 4.90 Å². The molecule has 2 heterocycles. The summed E-state index contributed by atoms with van der Waals surface area (Å²) in [5.41, 5.74) is 0. The Kier molecular flexibility index (Phi) is 2.56. The van der Waals surface area contributed by atoms with Crippen molar-refractivity contribution in [3.05, 3.63) is 0 Å². The highest BCUT2D eigenvalue weighted by Crippen LogP contribution is 2.24. The van der Waals surface area contributed by atoms with E-state index in [4.69, 9.17) is 0 Å². The van der Waals surface area contributed by atoms with Crippen LogP contribution in [-0.4, -0.2) is 55.2 Å². The lowest BCUT2D eigenvalue weighted by molar-refractivity contribution is -0.00000629. The van der Waals surface area contributed by atoms with Crippen molar-refractivity contribution in [2.24, 2.45) is 5.92 Å². The number of likely N-dealkylation sites (tertiary alicyclic amines) is 2. The third-order valence-electron chi connectivity index (χ3n) is 3.46. The molecular weight excluding hydrogens is 167 g/mol. The zero-order valence-electron chi connectivity index (χ0n) is 8.54. The van der Waals surface area contributed by atoms with Gasteiger partial charge in [0.1, 0.15) is 6.17 Å². The van der Waals surface area contributed by atoms with Crippen molar-refractivity contribution in [3.8, 4) is 0 Å². The van der Waals surface area contributed by atoms with E-state index in [0.29, 0.717) is 12.6 Å². The van der Waals surface area contributed by atoms with Gasteiger partial charge in [0.2, 0.25) is 0 Å². The van der Waals surface area contributed by atoms with Gasteiger partial charge in [-0.15, -0.1) is 0 Å². The zero-order chi connectivity index (χ0) is 9.42. The van der Waals surface area contributed by atoms with Crippen LogP contribution in [0.15, 0.2) is 0 Å². The first kappa shape index (κ1) is 9.41. The van der Waals surface area contributed by atoms with Gasteiger partial charge in [-0.05, 0) is 25.9 Å². The van der Waals surface area contributed by atoms with E-state index < -0.39 is 6.17 Å². The minimum atomic E-state index is -0.598. The van der Waals surface area contributed by atoms with E-state index in [2.05, 4.69) is 16.8 Å². The van der Waals surface area contributed by atoms with E-state index in [1.165, 1.54) is 0 Å². The van der Waals surface area contributed by atoms with E-state index in [1.54, 1.807) is 0 Å². The van der Waals surface area contributed by atoms with Crippen LogP contribution in [0.3, 0.4) is 0 Å². The molecule has 0 aromatic rings. The molecule has 2 aliphatic heterocycles. The van der Waals surface area contributed by atoms with Crippen LogP contribution in [0, 0.1) is 5.92 Å². The van der Waals surface area contributed by atoms with Gasteiger partial charge in [-0.3, -0.25) is 4.90 Å². The molecule has 2 rings (SSSR count). The number of hydrogen-bond donors (Lipinski definition) is 0. The van der Waals surface area contributed by atoms with E-state index in [9.17, 15) is 4.39 Å². The quantitative estimate of drug-likeness (QED) is 0.602. The number of piperidine rings is 1. The lowest BCUT2D eigenvalue weighted by Crippen LogP contribution is -2.60. The summed E-state index contributed by atoms with van der Waals surface area (Å²) >= 11 is 0. The molecule has 0 spiro atoms. The highest BCUT2D eigenvalue weighted by molar-refractivity contribution is 4.90. The molecule has 76 valence electrons. The fraction of sp³-hybridized carbons (Fsp3) is 1.00. The van der Waals surface area contributed by atoms with Crippen LogP contribution in [0.4, 0.5) is 4.39 Å². The fourth-order valence-corrected chi connectivity index (χ4v) is 2.27. The Bertz CT molecular complexity index is 180. The topological polar surface area (TPSA) is 6.48 Å². The van der Waals surface area contributed by atoms with Gasteiger partial charge in [-0.1, -0.05) is 6.92 Å². The summed E-state index contributed by atoms with van der Waals surface area (Å²) in [5, 5.41) is 0. The van der Waals surface area contributed by atoms with E-state index in [0.717, 1.165) is 26.1 Å². The first-order valence-corrected chi connectivity index (χ1v) is 5.23. The number of alkyl halides is 1. The summed E-state index contributed by atoms with van der Waals surface area (Å²) < 4.78 is 13.4. The van der Waals surface area contributed by atoms with Gasteiger partial charge in [-0.25, -0.2) is 4.39 Å². The van der Waals surface area contributed by atoms with Crippen molar-refractivity contribution in [2.75, 3.05) is 33.2 Å². The summed E-state index contributed by atoms with van der Waals surface area (Å²) in [4.78, 5) is 4.61. The number of rotatable bonds is 1. The van der Waals surface area contributed by atoms with Crippen molar-refractivity contribution in [1.29, 1.82) is 0 Å². The van der Waals surface area contributed by atoms with Crippen molar-refractivity contribution < 1.29 is 4.39 Å². The maximum Gasteiger partial charge on any atom is 0.115 e. The predicted molar refractivity (Wildman–Crippen MR) is 51.5 cm³/mol. The summed E-state index contributed by atoms with van der Waals surface area (Å²) in [6.07, 6.45) is 0.432. The molecule has 0 amide bonds. The summed E-state index contributed by atoms with van der Waals surface area (Å²) in [5.74, 6) is 0.272. The van der Waals surface area contributed by atoms with Gasteiger partial charge >= 0.3 is 0 Å². The molecular formula is C10H19FN2. The highest BCUT2D eigenvalue weighted by Gasteiger charge is 2.34. The molecule has 0 radical (unpaired) electrons. The van der Waals surface area contributed by atoms with E-state index in [-0.39, 0.29) is 5.92 Å². The zero-order valence-corrected chi connectivity index (χ0v) is 8.54. The largest absolute Gasteiger partial charge is 0.303 e. The van der Waals surface area contributed by atoms with Gasteiger partial charge in [-0.2, -0.15) is 0 Å². The first-order valence-electron chi connectivity index (χ1n) is 5.23. The average molecular weight is 186 g/mol. The summed E-state index contributed by atoms with van der Waals surface area (Å²) in [6, 6.07) is 0.635. The third kappa shape index (κ3) is 1.86. The summed E-state index contributed by atoms with van der Waals surface area (Å²) in [7, 11) is 2.12. The Morgan fingerprint density at radius 1 is 1.23 bits per heavy atom. The van der Waals surface area contributed by atoms with Crippen LogP contribution in [0.5, 0.6) is 0 Å². The van der Waals surface area contributed by atoms with Gasteiger partial charge in [0.25, 0.3) is 0 Å². The maximum absolute atomic E-state index is 13.4. The smallest absolute Gasteiger partial charge is 0.115 e. The molecule has 2 aliphatic rings. The van der Waals surface area contributed by atoms with Crippen LogP contribution in [0.1, 0.15) is 13.3 Å². The standard InChI is InChI=1S/C10H19FN2/c1-8-3-4-13(7-10(8)11)9-5-12(2)6-9/h8-10H,3-7H2,1-2H3/t8-,10-/m1/s1. The Hall–Kier alpha value is -0.150. The molecule has 0 unspecified atom stereocenters. The van der Waals surface area contributed by atoms with Crippen LogP contribution in [-0.2, 0) is 0 Å². The summed E-state index contributed by atoms with van der Waals surface area (Å²) in [6.45, 7) is 6.04. The molecule has 2 saturated heterocycles. The molecule has 2 atom stereocenters. The monoisotopic (exact) mass is 186 g/mol. The number of halogens is 1. The minimum absolute atomic E-state index is 0.272. The maximum atomic E-state index is 13.4. The average Bonchev–Trinajstić information content (AvgIpc) is 2.05. The van der Waals surface area contributed by atoms with Crippen LogP contribution in [0.2, 0.25) is 0 Å². The molecule has 0 aromatic heterocycles. The number of hydrogen-bond acceptors (Lipinski definition) is 2. The lowest BCUT2D eigenvalue weighted by Gasteiger charge is -2.46. The second-order valence-corrected chi connectivity index (χ2v) is 4.65. The SMILES string of the molecule is C[C@@H]1CCN(C2CN(C)C2)C[C@H]1F. The molecule has 2 fully saturated rings. The molecule has 0 aliphatic carbocycles. The Labute approximate surface area is 79.7 Å². The highest BCUT2D eigenvalue weighted by atomic mass is 19.1. The third-order valence-corrected chi connectivity index (χ3v) is 3.46. The van der Waals surface area contributed by atoms with Gasteiger partial charge in [0, 0.05) is 25.7 Å². The van der Waals surface area contributed by atoms with Crippen molar-refractivity contribution in [2.45, 2.75) is 25.6 Å². The van der Waals surface area contributed by atoms with Crippen molar-refractivity contribution in [3.63, 3.8) is 0 Å². The van der Waals surface area contributed by atoms with Crippen molar-refractivity contribution in [1.82, 2.24) is 9.80 Å². The molecule has 0 aromatic carbocycles. The van der Waals surface area contributed by atoms with Crippen LogP contribution < -0.4 is 0 Å². The lowest BCUT2D eigenvalue weighted by atomic mass is 9.94. The van der Waals surface area contributed by atoms with E-state index >= 15 is 0 Å². The molecule has 3 heteroatoms. The molecule has 0 N–H and O–H groups in total.